The van der Waals surface area contributed by atoms with Crippen LogP contribution in [0.25, 0.3) is 0 Å². The minimum Gasteiger partial charge on any atom is -0.321 e. The average Bonchev–Trinajstić information content (AvgIpc) is 2.43. The van der Waals surface area contributed by atoms with Crippen LogP contribution >= 0.6 is 39.1 Å². The molecule has 0 atom stereocenters. The number of rotatable bonds is 3. The van der Waals surface area contributed by atoms with Gasteiger partial charge >= 0.3 is 0 Å². The van der Waals surface area contributed by atoms with Crippen molar-refractivity contribution in [3.8, 4) is 0 Å². The lowest BCUT2D eigenvalue weighted by atomic mass is 10.2. The zero-order valence-electron chi connectivity index (χ0n) is 9.95. The third-order valence-electron chi connectivity index (χ3n) is 2.44. The molecular weight excluding hydrogens is 367 g/mol. The van der Waals surface area contributed by atoms with E-state index in [0.29, 0.717) is 26.6 Å². The van der Waals surface area contributed by atoms with Crippen LogP contribution < -0.4 is 16.6 Å². The highest BCUT2D eigenvalue weighted by atomic mass is 79.9. The number of carbonyl (C=O) groups excluding carboxylic acids is 1. The van der Waals surface area contributed by atoms with Crippen molar-refractivity contribution < 1.29 is 4.79 Å². The maximum Gasteiger partial charge on any atom is 0.257 e. The number of benzene rings is 1. The Morgan fingerprint density at radius 1 is 1.30 bits per heavy atom. The van der Waals surface area contributed by atoms with Crippen molar-refractivity contribution in [2.75, 3.05) is 10.7 Å². The number of nitrogens with two attached hydrogens (primary N) is 1. The number of nitrogens with one attached hydrogen (secondary N) is 2. The number of hydrogen-bond acceptors (Lipinski definition) is 4. The number of halogens is 3. The number of nitrogen functional groups attached to an aromatic ring is 1. The predicted molar refractivity (Wildman–Crippen MR) is 84.2 cm³/mol. The largest absolute Gasteiger partial charge is 0.321 e. The SMILES string of the molecule is NNc1ncc(C(=O)Nc2cccc(Cl)c2Br)cc1Cl. The first-order valence-corrected chi connectivity index (χ1v) is 6.95. The molecule has 0 aliphatic heterocycles. The van der Waals surface area contributed by atoms with Crippen molar-refractivity contribution >= 4 is 56.5 Å². The first kappa shape index (κ1) is 15.1. The zero-order valence-corrected chi connectivity index (χ0v) is 13.1. The van der Waals surface area contributed by atoms with Crippen molar-refractivity contribution in [1.82, 2.24) is 4.98 Å². The van der Waals surface area contributed by atoms with Gasteiger partial charge in [0.2, 0.25) is 0 Å². The summed E-state index contributed by atoms with van der Waals surface area (Å²) in [4.78, 5) is 16.0. The highest BCUT2D eigenvalue weighted by Gasteiger charge is 2.12. The molecule has 0 saturated heterocycles. The second kappa shape index (κ2) is 6.41. The normalized spacial score (nSPS) is 10.2. The molecular formula is C12H9BrCl2N4O. The van der Waals surface area contributed by atoms with Crippen LogP contribution in [0.5, 0.6) is 0 Å². The number of anilines is 2. The molecule has 0 aliphatic rings. The summed E-state index contributed by atoms with van der Waals surface area (Å²) in [6, 6.07) is 6.63. The van der Waals surface area contributed by atoms with Gasteiger partial charge in [-0.05, 0) is 34.1 Å². The molecule has 8 heteroatoms. The smallest absolute Gasteiger partial charge is 0.257 e. The maximum absolute atomic E-state index is 12.1. The van der Waals surface area contributed by atoms with E-state index in [0.717, 1.165) is 0 Å². The first-order chi connectivity index (χ1) is 9.52. The molecule has 1 aromatic carbocycles. The molecule has 1 heterocycles. The van der Waals surface area contributed by atoms with Crippen LogP contribution in [0.3, 0.4) is 0 Å². The lowest BCUT2D eigenvalue weighted by molar-refractivity contribution is 0.102. The van der Waals surface area contributed by atoms with E-state index in [9.17, 15) is 4.79 Å². The quantitative estimate of drug-likeness (QED) is 0.564. The van der Waals surface area contributed by atoms with Gasteiger partial charge in [-0.3, -0.25) is 4.79 Å². The Kier molecular flexibility index (Phi) is 4.82. The van der Waals surface area contributed by atoms with E-state index in [1.165, 1.54) is 12.3 Å². The van der Waals surface area contributed by atoms with Crippen LogP contribution in [0.15, 0.2) is 34.9 Å². The van der Waals surface area contributed by atoms with Gasteiger partial charge in [-0.25, -0.2) is 10.8 Å². The van der Waals surface area contributed by atoms with E-state index in [1.54, 1.807) is 18.2 Å². The Labute approximate surface area is 133 Å². The Balaban J connectivity index is 2.24. The maximum atomic E-state index is 12.1. The van der Waals surface area contributed by atoms with Gasteiger partial charge in [-0.1, -0.05) is 29.3 Å². The van der Waals surface area contributed by atoms with Gasteiger partial charge < -0.3 is 10.7 Å². The Hall–Kier alpha value is -1.34. The summed E-state index contributed by atoms with van der Waals surface area (Å²) in [5.74, 6) is 5.16. The topological polar surface area (TPSA) is 80.0 Å². The van der Waals surface area contributed by atoms with Gasteiger partial charge in [0.15, 0.2) is 5.82 Å². The van der Waals surface area contributed by atoms with Gasteiger partial charge in [0.1, 0.15) is 0 Å². The lowest BCUT2D eigenvalue weighted by Crippen LogP contribution is -2.14. The van der Waals surface area contributed by atoms with Crippen LogP contribution in [0.2, 0.25) is 10.0 Å². The Morgan fingerprint density at radius 2 is 2.05 bits per heavy atom. The molecule has 4 N–H and O–H groups in total. The van der Waals surface area contributed by atoms with Crippen molar-refractivity contribution in [3.63, 3.8) is 0 Å². The fourth-order valence-electron chi connectivity index (χ4n) is 1.46. The molecule has 20 heavy (non-hydrogen) atoms. The van der Waals surface area contributed by atoms with E-state index in [1.807, 2.05) is 0 Å². The van der Waals surface area contributed by atoms with Crippen molar-refractivity contribution in [2.24, 2.45) is 5.84 Å². The van der Waals surface area contributed by atoms with E-state index in [4.69, 9.17) is 29.0 Å². The number of pyridine rings is 1. The third-order valence-corrected chi connectivity index (χ3v) is 4.13. The minimum atomic E-state index is -0.356. The molecule has 1 amide bonds. The number of aromatic nitrogens is 1. The summed E-state index contributed by atoms with van der Waals surface area (Å²) < 4.78 is 0.606. The summed E-state index contributed by atoms with van der Waals surface area (Å²) in [5.41, 5.74) is 3.19. The molecule has 0 spiro atoms. The molecule has 0 fully saturated rings. The summed E-state index contributed by atoms with van der Waals surface area (Å²) >= 11 is 15.2. The van der Waals surface area contributed by atoms with Gasteiger partial charge in [0.05, 0.1) is 25.8 Å². The molecule has 0 saturated carbocycles. The molecule has 104 valence electrons. The number of hydrogen-bond donors (Lipinski definition) is 3. The molecule has 5 nitrogen and oxygen atoms in total. The van der Waals surface area contributed by atoms with Crippen LogP contribution in [0.1, 0.15) is 10.4 Å². The van der Waals surface area contributed by atoms with Gasteiger partial charge in [-0.2, -0.15) is 0 Å². The molecule has 2 aromatic rings. The van der Waals surface area contributed by atoms with Crippen molar-refractivity contribution in [2.45, 2.75) is 0 Å². The summed E-state index contributed by atoms with van der Waals surface area (Å²) in [5, 5.41) is 3.47. The van der Waals surface area contributed by atoms with Crippen LogP contribution in [0, 0.1) is 0 Å². The fraction of sp³-hybridized carbons (Fsp3) is 0. The highest BCUT2D eigenvalue weighted by molar-refractivity contribution is 9.10. The van der Waals surface area contributed by atoms with E-state index < -0.39 is 0 Å². The van der Waals surface area contributed by atoms with E-state index >= 15 is 0 Å². The summed E-state index contributed by atoms with van der Waals surface area (Å²) in [6.07, 6.45) is 1.37. The Bertz CT molecular complexity index is 666. The fourth-order valence-corrected chi connectivity index (χ4v) is 2.22. The lowest BCUT2D eigenvalue weighted by Gasteiger charge is -2.09. The Morgan fingerprint density at radius 3 is 2.70 bits per heavy atom. The average molecular weight is 376 g/mol. The van der Waals surface area contributed by atoms with Crippen LogP contribution in [0.4, 0.5) is 11.5 Å². The molecule has 0 bridgehead atoms. The highest BCUT2D eigenvalue weighted by Crippen LogP contribution is 2.30. The van der Waals surface area contributed by atoms with Gasteiger partial charge in [-0.15, -0.1) is 0 Å². The monoisotopic (exact) mass is 374 g/mol. The van der Waals surface area contributed by atoms with Crippen LogP contribution in [-0.2, 0) is 0 Å². The summed E-state index contributed by atoms with van der Waals surface area (Å²) in [6.45, 7) is 0. The van der Waals surface area contributed by atoms with Crippen molar-refractivity contribution in [1.29, 1.82) is 0 Å². The minimum absolute atomic E-state index is 0.255. The van der Waals surface area contributed by atoms with E-state index in [2.05, 4.69) is 31.7 Å². The van der Waals surface area contributed by atoms with E-state index in [-0.39, 0.29) is 10.9 Å². The molecule has 2 rings (SSSR count). The van der Waals surface area contributed by atoms with Gasteiger partial charge in [0.25, 0.3) is 5.91 Å². The first-order valence-electron chi connectivity index (χ1n) is 5.40. The molecule has 0 radical (unpaired) electrons. The number of hydrazine groups is 1. The number of carbonyl (C=O) groups is 1. The predicted octanol–water partition coefficient (Wildman–Crippen LogP) is 3.69. The summed E-state index contributed by atoms with van der Waals surface area (Å²) in [7, 11) is 0. The second-order valence-electron chi connectivity index (χ2n) is 3.75. The van der Waals surface area contributed by atoms with Gasteiger partial charge in [0, 0.05) is 6.20 Å². The molecule has 1 aromatic heterocycles. The number of amides is 1. The molecule has 0 aliphatic carbocycles. The standard InChI is InChI=1S/C12H9BrCl2N4O/c13-10-7(14)2-1-3-9(10)18-12(20)6-4-8(15)11(19-16)17-5-6/h1-5H,16H2,(H,17,19)(H,18,20). The zero-order chi connectivity index (χ0) is 14.7. The molecule has 0 unspecified atom stereocenters. The van der Waals surface area contributed by atoms with Crippen molar-refractivity contribution in [3.05, 3.63) is 50.5 Å². The second-order valence-corrected chi connectivity index (χ2v) is 5.36. The number of nitrogens with zero attached hydrogens (tertiary/aromatic N) is 1. The van der Waals surface area contributed by atoms with Crippen LogP contribution in [-0.4, -0.2) is 10.9 Å². The third kappa shape index (κ3) is 3.21.